The molecule has 1 heterocycles. The molecule has 0 aliphatic rings. The number of rotatable bonds is 5. The highest BCUT2D eigenvalue weighted by molar-refractivity contribution is 5.38. The molecule has 0 aliphatic heterocycles. The molecule has 1 aromatic carbocycles. The zero-order chi connectivity index (χ0) is 13.0. The van der Waals surface area contributed by atoms with Crippen molar-refractivity contribution in [2.45, 2.75) is 12.5 Å². The smallest absolute Gasteiger partial charge is 0.293 e. The fraction of sp³-hybridized carbons (Fsp3) is 0.182. The van der Waals surface area contributed by atoms with Crippen LogP contribution in [0.4, 0.5) is 8.78 Å². The minimum absolute atomic E-state index is 0.149. The number of aromatic amines is 1. The van der Waals surface area contributed by atoms with Gasteiger partial charge in [-0.15, -0.1) is 0 Å². The molecule has 0 saturated heterocycles. The third-order valence-corrected chi connectivity index (χ3v) is 2.43. The van der Waals surface area contributed by atoms with E-state index in [2.05, 4.69) is 15.4 Å². The first-order valence-electron chi connectivity index (χ1n) is 5.10. The van der Waals surface area contributed by atoms with Gasteiger partial charge < -0.3 is 4.74 Å². The Kier molecular flexibility index (Phi) is 3.61. The van der Waals surface area contributed by atoms with E-state index in [1.807, 2.05) is 0 Å². The van der Waals surface area contributed by atoms with E-state index in [1.165, 1.54) is 12.3 Å². The van der Waals surface area contributed by atoms with Crippen molar-refractivity contribution >= 4 is 6.47 Å². The highest BCUT2D eigenvalue weighted by Gasteiger charge is 2.20. The maximum atomic E-state index is 13.5. The molecule has 0 radical (unpaired) electrons. The van der Waals surface area contributed by atoms with E-state index in [-0.39, 0.29) is 18.5 Å². The second-order valence-electron chi connectivity index (χ2n) is 3.52. The van der Waals surface area contributed by atoms with Crippen molar-refractivity contribution in [2.24, 2.45) is 0 Å². The molecule has 94 valence electrons. The van der Waals surface area contributed by atoms with E-state index in [1.54, 1.807) is 0 Å². The molecule has 0 aliphatic carbocycles. The first-order valence-corrected chi connectivity index (χ1v) is 5.10. The molecule has 1 atom stereocenters. The van der Waals surface area contributed by atoms with Gasteiger partial charge in [0.1, 0.15) is 17.3 Å². The lowest BCUT2D eigenvalue weighted by Gasteiger charge is -2.13. The van der Waals surface area contributed by atoms with Gasteiger partial charge >= 0.3 is 0 Å². The Morgan fingerprint density at radius 2 is 2.11 bits per heavy atom. The molecule has 2 rings (SSSR count). The van der Waals surface area contributed by atoms with Crippen LogP contribution in [0.3, 0.4) is 0 Å². The van der Waals surface area contributed by atoms with Gasteiger partial charge in [0.25, 0.3) is 6.47 Å². The number of hydrogen-bond donors (Lipinski definition) is 1. The summed E-state index contributed by atoms with van der Waals surface area (Å²) in [7, 11) is 0. The number of hydrogen-bond acceptors (Lipinski definition) is 4. The largest absolute Gasteiger partial charge is 0.458 e. The van der Waals surface area contributed by atoms with Crippen LogP contribution in [0.2, 0.25) is 0 Å². The second-order valence-corrected chi connectivity index (χ2v) is 3.52. The third-order valence-electron chi connectivity index (χ3n) is 2.43. The predicted octanol–water partition coefficient (Wildman–Crippen LogP) is 1.54. The average molecular weight is 253 g/mol. The summed E-state index contributed by atoms with van der Waals surface area (Å²) in [6, 6.07) is 3.54. The summed E-state index contributed by atoms with van der Waals surface area (Å²) >= 11 is 0. The number of benzene rings is 1. The number of carbonyl (C=O) groups excluding carboxylic acids is 1. The molecule has 2 aromatic rings. The van der Waals surface area contributed by atoms with Gasteiger partial charge in [0.15, 0.2) is 6.10 Å². The fourth-order valence-corrected chi connectivity index (χ4v) is 1.57. The lowest BCUT2D eigenvalue weighted by Crippen LogP contribution is -2.10. The summed E-state index contributed by atoms with van der Waals surface area (Å²) in [5.41, 5.74) is 0.136. The number of nitrogens with one attached hydrogen (secondary N) is 1. The number of H-pyrrole nitrogens is 1. The van der Waals surface area contributed by atoms with Crippen molar-refractivity contribution in [3.05, 3.63) is 47.3 Å². The first-order chi connectivity index (χ1) is 8.72. The van der Waals surface area contributed by atoms with Crippen molar-refractivity contribution in [1.29, 1.82) is 0 Å². The topological polar surface area (TPSA) is 67.9 Å². The molecule has 0 amide bonds. The average Bonchev–Trinajstić information content (AvgIpc) is 2.86. The molecule has 5 nitrogen and oxygen atoms in total. The SMILES string of the molecule is O=COC(Cc1c(F)cccc1F)c1cn[nH]n1. The summed E-state index contributed by atoms with van der Waals surface area (Å²) in [4.78, 5) is 10.4. The Morgan fingerprint density at radius 1 is 1.39 bits per heavy atom. The minimum Gasteiger partial charge on any atom is -0.458 e. The van der Waals surface area contributed by atoms with Gasteiger partial charge in [-0.2, -0.15) is 15.4 Å². The summed E-state index contributed by atoms with van der Waals surface area (Å²) < 4.78 is 31.7. The molecular formula is C11H9F2N3O2. The highest BCUT2D eigenvalue weighted by Crippen LogP contribution is 2.22. The van der Waals surface area contributed by atoms with Crippen LogP contribution in [0.15, 0.2) is 24.4 Å². The lowest BCUT2D eigenvalue weighted by atomic mass is 10.0. The van der Waals surface area contributed by atoms with Crippen LogP contribution in [-0.2, 0) is 16.0 Å². The number of halogens is 2. The van der Waals surface area contributed by atoms with E-state index in [9.17, 15) is 13.6 Å². The molecular weight excluding hydrogens is 244 g/mol. The quantitative estimate of drug-likeness (QED) is 0.821. The molecule has 0 fully saturated rings. The van der Waals surface area contributed by atoms with E-state index < -0.39 is 17.7 Å². The van der Waals surface area contributed by atoms with Gasteiger partial charge in [0, 0.05) is 12.0 Å². The van der Waals surface area contributed by atoms with Gasteiger partial charge in [-0.05, 0) is 12.1 Å². The van der Waals surface area contributed by atoms with Gasteiger partial charge in [-0.25, -0.2) is 8.78 Å². The molecule has 18 heavy (non-hydrogen) atoms. The molecule has 0 saturated carbocycles. The van der Waals surface area contributed by atoms with Crippen molar-refractivity contribution in [1.82, 2.24) is 15.4 Å². The van der Waals surface area contributed by atoms with Crippen molar-refractivity contribution in [3.8, 4) is 0 Å². The number of carbonyl (C=O) groups is 1. The number of nitrogens with zero attached hydrogens (tertiary/aromatic N) is 2. The Morgan fingerprint density at radius 3 is 2.67 bits per heavy atom. The van der Waals surface area contributed by atoms with Gasteiger partial charge in [-0.3, -0.25) is 4.79 Å². The zero-order valence-corrected chi connectivity index (χ0v) is 9.14. The standard InChI is InChI=1S/C11H9F2N3O2/c12-8-2-1-3-9(13)7(8)4-11(18-6-17)10-5-14-16-15-10/h1-3,5-6,11H,4H2,(H,14,15,16). The van der Waals surface area contributed by atoms with Crippen molar-refractivity contribution in [3.63, 3.8) is 0 Å². The maximum Gasteiger partial charge on any atom is 0.293 e. The van der Waals surface area contributed by atoms with Crippen LogP contribution < -0.4 is 0 Å². The molecule has 1 aromatic heterocycles. The van der Waals surface area contributed by atoms with E-state index >= 15 is 0 Å². The van der Waals surface area contributed by atoms with Crippen molar-refractivity contribution < 1.29 is 18.3 Å². The normalized spacial score (nSPS) is 12.1. The van der Waals surface area contributed by atoms with Gasteiger partial charge in [0.05, 0.1) is 6.20 Å². The molecule has 0 spiro atoms. The Hall–Kier alpha value is -2.31. The van der Waals surface area contributed by atoms with Crippen molar-refractivity contribution in [2.75, 3.05) is 0 Å². The lowest BCUT2D eigenvalue weighted by molar-refractivity contribution is -0.134. The molecule has 7 heteroatoms. The van der Waals surface area contributed by atoms with E-state index in [4.69, 9.17) is 4.74 Å². The Labute approximate surface area is 101 Å². The molecule has 1 N–H and O–H groups in total. The summed E-state index contributed by atoms with van der Waals surface area (Å²) in [5.74, 6) is -1.39. The first kappa shape index (κ1) is 12.2. The van der Waals surface area contributed by atoms with Gasteiger partial charge in [0.2, 0.25) is 0 Å². The zero-order valence-electron chi connectivity index (χ0n) is 9.14. The summed E-state index contributed by atoms with van der Waals surface area (Å²) in [6.45, 7) is 0.206. The maximum absolute atomic E-state index is 13.5. The van der Waals surface area contributed by atoms with Gasteiger partial charge in [-0.1, -0.05) is 6.07 Å². The predicted molar refractivity (Wildman–Crippen MR) is 56.3 cm³/mol. The summed E-state index contributed by atoms with van der Waals surface area (Å²) in [6.07, 6.45) is 0.295. The van der Waals surface area contributed by atoms with Crippen LogP contribution in [0.5, 0.6) is 0 Å². The fourth-order valence-electron chi connectivity index (χ4n) is 1.57. The van der Waals surface area contributed by atoms with Crippen LogP contribution in [-0.4, -0.2) is 21.9 Å². The van der Waals surface area contributed by atoms with Crippen LogP contribution in [0.25, 0.3) is 0 Å². The monoisotopic (exact) mass is 253 g/mol. The molecule has 0 bridgehead atoms. The Balaban J connectivity index is 2.26. The second kappa shape index (κ2) is 5.35. The Bertz CT molecular complexity index is 511. The minimum atomic E-state index is -0.882. The third kappa shape index (κ3) is 2.50. The molecule has 1 unspecified atom stereocenters. The van der Waals surface area contributed by atoms with E-state index in [0.717, 1.165) is 12.1 Å². The van der Waals surface area contributed by atoms with Crippen LogP contribution in [0.1, 0.15) is 17.4 Å². The summed E-state index contributed by atoms with van der Waals surface area (Å²) in [5, 5.41) is 9.62. The number of aromatic nitrogens is 3. The highest BCUT2D eigenvalue weighted by atomic mass is 19.1. The van der Waals surface area contributed by atoms with Crippen LogP contribution >= 0.6 is 0 Å². The van der Waals surface area contributed by atoms with E-state index in [0.29, 0.717) is 5.69 Å². The number of ether oxygens (including phenoxy) is 1. The van der Waals surface area contributed by atoms with Crippen LogP contribution in [0, 0.1) is 11.6 Å².